The van der Waals surface area contributed by atoms with E-state index in [2.05, 4.69) is 15.6 Å². The van der Waals surface area contributed by atoms with Crippen molar-refractivity contribution in [3.8, 4) is 0 Å². The maximum atomic E-state index is 12.6. The van der Waals surface area contributed by atoms with Gasteiger partial charge >= 0.3 is 0 Å². The molecule has 0 saturated heterocycles. The molecule has 0 spiro atoms. The largest absolute Gasteiger partial charge is 0.351 e. The van der Waals surface area contributed by atoms with Crippen molar-refractivity contribution in [2.45, 2.75) is 32.7 Å². The van der Waals surface area contributed by atoms with Gasteiger partial charge < -0.3 is 10.6 Å². The number of nitrogens with one attached hydrogen (secondary N) is 2. The third kappa shape index (κ3) is 3.30. The first-order valence-corrected chi connectivity index (χ1v) is 8.22. The number of para-hydroxylation sites is 1. The molecule has 2 aromatic rings. The third-order valence-corrected chi connectivity index (χ3v) is 4.47. The number of amides is 2. The van der Waals surface area contributed by atoms with Gasteiger partial charge in [0.2, 0.25) is 11.8 Å². The number of nitrogens with zero attached hydrogens (tertiary/aromatic N) is 1. The van der Waals surface area contributed by atoms with Gasteiger partial charge in [-0.1, -0.05) is 25.1 Å². The predicted molar refractivity (Wildman–Crippen MR) is 92.2 cm³/mol. The Morgan fingerprint density at radius 3 is 2.46 bits per heavy atom. The molecule has 0 radical (unpaired) electrons. The van der Waals surface area contributed by atoms with Crippen molar-refractivity contribution < 1.29 is 9.59 Å². The zero-order valence-electron chi connectivity index (χ0n) is 13.7. The van der Waals surface area contributed by atoms with E-state index in [-0.39, 0.29) is 11.8 Å². The van der Waals surface area contributed by atoms with Gasteiger partial charge in [0.15, 0.2) is 0 Å². The number of aromatic nitrogens is 1. The van der Waals surface area contributed by atoms with E-state index in [9.17, 15) is 9.59 Å². The lowest BCUT2D eigenvalue weighted by atomic mass is 10.0. The molecule has 5 heteroatoms. The van der Waals surface area contributed by atoms with Crippen molar-refractivity contribution in [2.75, 3.05) is 5.32 Å². The van der Waals surface area contributed by atoms with Crippen LogP contribution in [0.2, 0.25) is 0 Å². The van der Waals surface area contributed by atoms with Gasteiger partial charge in [0.25, 0.3) is 0 Å². The van der Waals surface area contributed by atoms with E-state index in [1.165, 1.54) is 0 Å². The molecule has 1 aliphatic rings. The lowest BCUT2D eigenvalue weighted by Crippen LogP contribution is -2.39. The molecule has 2 amide bonds. The van der Waals surface area contributed by atoms with E-state index in [0.29, 0.717) is 19.4 Å². The van der Waals surface area contributed by atoms with Crippen molar-refractivity contribution >= 4 is 17.5 Å². The van der Waals surface area contributed by atoms with Crippen molar-refractivity contribution in [1.82, 2.24) is 10.3 Å². The highest BCUT2D eigenvalue weighted by Crippen LogP contribution is 2.47. The highest BCUT2D eigenvalue weighted by molar-refractivity contribution is 6.13. The number of anilines is 1. The van der Waals surface area contributed by atoms with Crippen LogP contribution in [-0.4, -0.2) is 16.8 Å². The van der Waals surface area contributed by atoms with Gasteiger partial charge in [-0.3, -0.25) is 14.6 Å². The summed E-state index contributed by atoms with van der Waals surface area (Å²) in [6.45, 7) is 2.45. The van der Waals surface area contributed by atoms with Gasteiger partial charge in [-0.2, -0.15) is 0 Å². The Balaban J connectivity index is 1.64. The monoisotopic (exact) mass is 323 g/mol. The summed E-state index contributed by atoms with van der Waals surface area (Å²) < 4.78 is 0. The summed E-state index contributed by atoms with van der Waals surface area (Å²) in [6.07, 6.45) is 5.38. The SMILES string of the molecule is CCc1ccccc1NC(=O)C1(C(=O)NCc2ccncc2)CC1. The van der Waals surface area contributed by atoms with Crippen LogP contribution >= 0.6 is 0 Å². The molecule has 1 aromatic carbocycles. The second kappa shape index (κ2) is 6.83. The summed E-state index contributed by atoms with van der Waals surface area (Å²) in [6, 6.07) is 11.4. The number of pyridine rings is 1. The zero-order chi connectivity index (χ0) is 17.0. The molecule has 0 atom stereocenters. The number of hydrogen-bond donors (Lipinski definition) is 2. The molecule has 124 valence electrons. The maximum Gasteiger partial charge on any atom is 0.240 e. The Hall–Kier alpha value is -2.69. The molecule has 0 bridgehead atoms. The molecule has 1 heterocycles. The molecular weight excluding hydrogens is 302 g/mol. The van der Waals surface area contributed by atoms with Gasteiger partial charge in [0, 0.05) is 24.6 Å². The molecule has 1 aliphatic carbocycles. The van der Waals surface area contributed by atoms with Crippen molar-refractivity contribution in [1.29, 1.82) is 0 Å². The van der Waals surface area contributed by atoms with Gasteiger partial charge in [-0.05, 0) is 48.6 Å². The number of carbonyl (C=O) groups excluding carboxylic acids is 2. The highest BCUT2D eigenvalue weighted by Gasteiger charge is 2.56. The minimum absolute atomic E-state index is 0.203. The molecule has 0 aliphatic heterocycles. The summed E-state index contributed by atoms with van der Waals surface area (Å²) in [4.78, 5) is 29.1. The summed E-state index contributed by atoms with van der Waals surface area (Å²) >= 11 is 0. The number of aryl methyl sites for hydroxylation is 1. The summed E-state index contributed by atoms with van der Waals surface area (Å²) in [5, 5.41) is 5.80. The molecule has 5 nitrogen and oxygen atoms in total. The van der Waals surface area contributed by atoms with Crippen LogP contribution in [0.3, 0.4) is 0 Å². The van der Waals surface area contributed by atoms with Crippen molar-refractivity contribution in [3.63, 3.8) is 0 Å². The van der Waals surface area contributed by atoms with Crippen LogP contribution < -0.4 is 10.6 Å². The first-order chi connectivity index (χ1) is 11.7. The second-order valence-electron chi connectivity index (χ2n) is 6.09. The fraction of sp³-hybridized carbons (Fsp3) is 0.316. The van der Waals surface area contributed by atoms with Gasteiger partial charge in [0.1, 0.15) is 5.41 Å². The minimum atomic E-state index is -0.923. The van der Waals surface area contributed by atoms with Crippen molar-refractivity contribution in [3.05, 3.63) is 59.9 Å². The fourth-order valence-corrected chi connectivity index (χ4v) is 2.73. The molecule has 3 rings (SSSR count). The van der Waals surface area contributed by atoms with Crippen molar-refractivity contribution in [2.24, 2.45) is 5.41 Å². The topological polar surface area (TPSA) is 71.1 Å². The number of hydrogen-bond acceptors (Lipinski definition) is 3. The van der Waals surface area contributed by atoms with Gasteiger partial charge in [-0.25, -0.2) is 0 Å². The van der Waals surface area contributed by atoms with Crippen LogP contribution in [0.5, 0.6) is 0 Å². The molecule has 2 N–H and O–H groups in total. The molecule has 1 saturated carbocycles. The number of rotatable bonds is 6. The smallest absolute Gasteiger partial charge is 0.240 e. The first kappa shape index (κ1) is 16.2. The van der Waals surface area contributed by atoms with E-state index in [1.54, 1.807) is 12.4 Å². The Kier molecular flexibility index (Phi) is 4.60. The highest BCUT2D eigenvalue weighted by atomic mass is 16.2. The number of benzene rings is 1. The van der Waals surface area contributed by atoms with Crippen LogP contribution in [0.1, 0.15) is 30.9 Å². The van der Waals surface area contributed by atoms with Gasteiger partial charge in [-0.15, -0.1) is 0 Å². The quantitative estimate of drug-likeness (QED) is 0.803. The van der Waals surface area contributed by atoms with Crippen LogP contribution in [0.15, 0.2) is 48.8 Å². The minimum Gasteiger partial charge on any atom is -0.351 e. The fourth-order valence-electron chi connectivity index (χ4n) is 2.73. The van der Waals surface area contributed by atoms with Crippen LogP contribution in [0.4, 0.5) is 5.69 Å². The summed E-state index contributed by atoms with van der Waals surface area (Å²) in [7, 11) is 0. The lowest BCUT2D eigenvalue weighted by Gasteiger charge is -2.17. The molecule has 0 unspecified atom stereocenters. The predicted octanol–water partition coefficient (Wildman–Crippen LogP) is 2.68. The molecular formula is C19H21N3O2. The molecule has 1 fully saturated rings. The molecule has 1 aromatic heterocycles. The standard InChI is InChI=1S/C19H21N3O2/c1-2-15-5-3-4-6-16(15)22-18(24)19(9-10-19)17(23)21-13-14-7-11-20-12-8-14/h3-8,11-12H,2,9-10,13H2,1H3,(H,21,23)(H,22,24). The summed E-state index contributed by atoms with van der Waals surface area (Å²) in [5.41, 5.74) is 1.90. The summed E-state index contributed by atoms with van der Waals surface area (Å²) in [5.74, 6) is -0.415. The van der Waals surface area contributed by atoms with Crippen LogP contribution in [0, 0.1) is 5.41 Å². The van der Waals surface area contributed by atoms with E-state index in [4.69, 9.17) is 0 Å². The van der Waals surface area contributed by atoms with E-state index >= 15 is 0 Å². The Morgan fingerprint density at radius 1 is 1.08 bits per heavy atom. The van der Waals surface area contributed by atoms with E-state index < -0.39 is 5.41 Å². The number of carbonyl (C=O) groups is 2. The Labute approximate surface area is 141 Å². The molecule has 24 heavy (non-hydrogen) atoms. The Bertz CT molecular complexity index is 739. The third-order valence-electron chi connectivity index (χ3n) is 4.47. The Morgan fingerprint density at radius 2 is 1.79 bits per heavy atom. The first-order valence-electron chi connectivity index (χ1n) is 8.22. The van der Waals surface area contributed by atoms with E-state index in [1.807, 2.05) is 43.3 Å². The zero-order valence-corrected chi connectivity index (χ0v) is 13.7. The van der Waals surface area contributed by atoms with Gasteiger partial charge in [0.05, 0.1) is 0 Å². The second-order valence-corrected chi connectivity index (χ2v) is 6.09. The average molecular weight is 323 g/mol. The normalized spacial score (nSPS) is 14.7. The van der Waals surface area contributed by atoms with E-state index in [0.717, 1.165) is 23.2 Å². The van der Waals surface area contributed by atoms with Crippen LogP contribution in [-0.2, 0) is 22.6 Å². The lowest BCUT2D eigenvalue weighted by molar-refractivity contribution is -0.134. The average Bonchev–Trinajstić information content (AvgIpc) is 3.43. The van der Waals surface area contributed by atoms with Crippen LogP contribution in [0.25, 0.3) is 0 Å². The maximum absolute atomic E-state index is 12.6.